The molecule has 1 atom stereocenters. The summed E-state index contributed by atoms with van der Waals surface area (Å²) >= 11 is 1.97. The Morgan fingerprint density at radius 1 is 1.17 bits per heavy atom. The molecule has 0 aliphatic rings. The molecular formula is C15H25NOS. The van der Waals surface area contributed by atoms with Gasteiger partial charge in [-0.05, 0) is 42.2 Å². The number of benzene rings is 1. The standard InChI is InChI=1S/C15H25NOS/c1-12(2)10-18-11-14(16)7-4-13-5-8-15(17-3)9-6-13/h5-6,8-9,12,14H,4,7,10-11,16H2,1-3H3. The van der Waals surface area contributed by atoms with Crippen LogP contribution in [0.1, 0.15) is 25.8 Å². The van der Waals surface area contributed by atoms with Gasteiger partial charge in [-0.3, -0.25) is 0 Å². The molecule has 0 heterocycles. The first-order valence-corrected chi connectivity index (χ1v) is 7.73. The Morgan fingerprint density at radius 2 is 1.83 bits per heavy atom. The molecule has 0 aliphatic carbocycles. The molecule has 0 saturated carbocycles. The zero-order valence-corrected chi connectivity index (χ0v) is 12.5. The van der Waals surface area contributed by atoms with Crippen LogP contribution in [0.5, 0.6) is 5.75 Å². The van der Waals surface area contributed by atoms with Crippen molar-refractivity contribution in [2.75, 3.05) is 18.6 Å². The molecule has 18 heavy (non-hydrogen) atoms. The summed E-state index contributed by atoms with van der Waals surface area (Å²) in [6, 6.07) is 8.55. The van der Waals surface area contributed by atoms with Crippen LogP contribution < -0.4 is 10.5 Å². The summed E-state index contributed by atoms with van der Waals surface area (Å²) in [5.41, 5.74) is 7.45. The van der Waals surface area contributed by atoms with E-state index in [1.165, 1.54) is 11.3 Å². The van der Waals surface area contributed by atoms with Crippen LogP contribution in [0.2, 0.25) is 0 Å². The van der Waals surface area contributed by atoms with Crippen LogP contribution in [0.15, 0.2) is 24.3 Å². The molecule has 0 saturated heterocycles. The number of rotatable bonds is 8. The predicted octanol–water partition coefficient (Wildman–Crippen LogP) is 3.34. The van der Waals surface area contributed by atoms with Crippen molar-refractivity contribution in [3.8, 4) is 5.75 Å². The van der Waals surface area contributed by atoms with Crippen molar-refractivity contribution in [1.82, 2.24) is 0 Å². The number of ether oxygens (including phenoxy) is 1. The topological polar surface area (TPSA) is 35.2 Å². The lowest BCUT2D eigenvalue weighted by atomic mass is 10.1. The van der Waals surface area contributed by atoms with Gasteiger partial charge in [-0.2, -0.15) is 11.8 Å². The average Bonchev–Trinajstić information content (AvgIpc) is 2.36. The zero-order valence-electron chi connectivity index (χ0n) is 11.7. The molecule has 102 valence electrons. The fraction of sp³-hybridized carbons (Fsp3) is 0.600. The lowest BCUT2D eigenvalue weighted by Gasteiger charge is -2.12. The van der Waals surface area contributed by atoms with Gasteiger partial charge in [0.1, 0.15) is 5.75 Å². The molecule has 3 heteroatoms. The van der Waals surface area contributed by atoms with Gasteiger partial charge in [0.25, 0.3) is 0 Å². The maximum Gasteiger partial charge on any atom is 0.118 e. The van der Waals surface area contributed by atoms with Gasteiger partial charge >= 0.3 is 0 Å². The predicted molar refractivity (Wildman–Crippen MR) is 81.5 cm³/mol. The van der Waals surface area contributed by atoms with Gasteiger partial charge in [0.2, 0.25) is 0 Å². The fourth-order valence-electron chi connectivity index (χ4n) is 1.68. The first-order chi connectivity index (χ1) is 8.61. The summed E-state index contributed by atoms with van der Waals surface area (Å²) in [5.74, 6) is 3.93. The highest BCUT2D eigenvalue weighted by molar-refractivity contribution is 7.99. The maximum absolute atomic E-state index is 6.12. The van der Waals surface area contributed by atoms with Crippen molar-refractivity contribution >= 4 is 11.8 Å². The highest BCUT2D eigenvalue weighted by atomic mass is 32.2. The summed E-state index contributed by atoms with van der Waals surface area (Å²) in [6.07, 6.45) is 2.10. The largest absolute Gasteiger partial charge is 0.497 e. The lowest BCUT2D eigenvalue weighted by molar-refractivity contribution is 0.414. The first kappa shape index (κ1) is 15.4. The number of thioether (sulfide) groups is 1. The van der Waals surface area contributed by atoms with Crippen LogP contribution in [-0.2, 0) is 6.42 Å². The Balaban J connectivity index is 2.22. The Hall–Kier alpha value is -0.670. The SMILES string of the molecule is COc1ccc(CCC(N)CSCC(C)C)cc1. The number of aryl methyl sites for hydroxylation is 1. The minimum Gasteiger partial charge on any atom is -0.497 e. The molecule has 0 aromatic heterocycles. The van der Waals surface area contributed by atoms with E-state index in [0.717, 1.165) is 30.3 Å². The second-order valence-electron chi connectivity index (χ2n) is 5.08. The van der Waals surface area contributed by atoms with Crippen molar-refractivity contribution in [3.05, 3.63) is 29.8 Å². The summed E-state index contributed by atoms with van der Waals surface area (Å²) in [4.78, 5) is 0. The highest BCUT2D eigenvalue weighted by Gasteiger charge is 2.04. The van der Waals surface area contributed by atoms with Crippen LogP contribution in [0, 0.1) is 5.92 Å². The van der Waals surface area contributed by atoms with Crippen molar-refractivity contribution in [2.45, 2.75) is 32.7 Å². The lowest BCUT2D eigenvalue weighted by Crippen LogP contribution is -2.24. The van der Waals surface area contributed by atoms with Gasteiger partial charge in [-0.25, -0.2) is 0 Å². The Bertz CT molecular complexity index is 324. The van der Waals surface area contributed by atoms with Crippen molar-refractivity contribution < 1.29 is 4.74 Å². The van der Waals surface area contributed by atoms with Crippen LogP contribution >= 0.6 is 11.8 Å². The van der Waals surface area contributed by atoms with Crippen LogP contribution in [0.4, 0.5) is 0 Å². The summed E-state index contributed by atoms with van der Waals surface area (Å²) in [5, 5.41) is 0. The number of methoxy groups -OCH3 is 1. The van der Waals surface area contributed by atoms with E-state index < -0.39 is 0 Å². The minimum absolute atomic E-state index is 0.302. The monoisotopic (exact) mass is 267 g/mol. The molecule has 1 aromatic carbocycles. The van der Waals surface area contributed by atoms with Crippen LogP contribution in [0.3, 0.4) is 0 Å². The van der Waals surface area contributed by atoms with Crippen molar-refractivity contribution in [3.63, 3.8) is 0 Å². The molecule has 2 nitrogen and oxygen atoms in total. The molecule has 0 radical (unpaired) electrons. The van der Waals surface area contributed by atoms with Crippen LogP contribution in [-0.4, -0.2) is 24.7 Å². The van der Waals surface area contributed by atoms with Gasteiger partial charge in [-0.15, -0.1) is 0 Å². The second kappa shape index (κ2) is 8.44. The molecule has 1 unspecified atom stereocenters. The van der Waals surface area contributed by atoms with E-state index in [0.29, 0.717) is 6.04 Å². The summed E-state index contributed by atoms with van der Waals surface area (Å²) in [7, 11) is 1.69. The van der Waals surface area contributed by atoms with E-state index in [1.807, 2.05) is 23.9 Å². The van der Waals surface area contributed by atoms with Crippen molar-refractivity contribution in [2.24, 2.45) is 11.7 Å². The molecule has 0 amide bonds. The Labute approximate surface area is 115 Å². The Morgan fingerprint density at radius 3 is 2.39 bits per heavy atom. The van der Waals surface area contributed by atoms with Gasteiger partial charge in [0, 0.05) is 11.8 Å². The summed E-state index contributed by atoms with van der Waals surface area (Å²) in [6.45, 7) is 4.49. The third kappa shape index (κ3) is 6.31. The quantitative estimate of drug-likeness (QED) is 0.784. The third-order valence-corrected chi connectivity index (χ3v) is 4.31. The molecule has 0 fully saturated rings. The van der Waals surface area contributed by atoms with E-state index in [4.69, 9.17) is 10.5 Å². The third-order valence-electron chi connectivity index (χ3n) is 2.75. The molecule has 2 N–H and O–H groups in total. The van der Waals surface area contributed by atoms with Gasteiger partial charge in [-0.1, -0.05) is 26.0 Å². The highest BCUT2D eigenvalue weighted by Crippen LogP contribution is 2.14. The normalized spacial score (nSPS) is 12.7. The van der Waals surface area contributed by atoms with Gasteiger partial charge < -0.3 is 10.5 Å². The van der Waals surface area contributed by atoms with E-state index in [-0.39, 0.29) is 0 Å². The second-order valence-corrected chi connectivity index (χ2v) is 6.15. The molecule has 0 aliphatic heterocycles. The number of hydrogen-bond donors (Lipinski definition) is 1. The zero-order chi connectivity index (χ0) is 13.4. The number of nitrogens with two attached hydrogens (primary N) is 1. The smallest absolute Gasteiger partial charge is 0.118 e. The molecule has 0 spiro atoms. The van der Waals surface area contributed by atoms with Gasteiger partial charge in [0.05, 0.1) is 7.11 Å². The van der Waals surface area contributed by atoms with E-state index in [1.54, 1.807) is 7.11 Å². The molecular weight excluding hydrogens is 242 g/mol. The maximum atomic E-state index is 6.12. The molecule has 1 rings (SSSR count). The fourth-order valence-corrected chi connectivity index (χ4v) is 2.76. The van der Waals surface area contributed by atoms with E-state index >= 15 is 0 Å². The van der Waals surface area contributed by atoms with Gasteiger partial charge in [0.15, 0.2) is 0 Å². The average molecular weight is 267 g/mol. The minimum atomic E-state index is 0.302. The Kier molecular flexibility index (Phi) is 7.21. The first-order valence-electron chi connectivity index (χ1n) is 6.58. The van der Waals surface area contributed by atoms with Crippen LogP contribution in [0.25, 0.3) is 0 Å². The van der Waals surface area contributed by atoms with E-state index in [9.17, 15) is 0 Å². The molecule has 1 aromatic rings. The summed E-state index contributed by atoms with van der Waals surface area (Å²) < 4.78 is 5.14. The van der Waals surface area contributed by atoms with E-state index in [2.05, 4.69) is 26.0 Å². The number of hydrogen-bond acceptors (Lipinski definition) is 3. The van der Waals surface area contributed by atoms with Crippen molar-refractivity contribution in [1.29, 1.82) is 0 Å². The molecule has 0 bridgehead atoms.